The van der Waals surface area contributed by atoms with Gasteiger partial charge in [-0.15, -0.1) is 0 Å². The summed E-state index contributed by atoms with van der Waals surface area (Å²) in [4.78, 5) is 0. The van der Waals surface area contributed by atoms with Gasteiger partial charge in [-0.2, -0.15) is 0 Å². The average Bonchev–Trinajstić information content (AvgIpc) is 2.66. The first kappa shape index (κ1) is 24.8. The summed E-state index contributed by atoms with van der Waals surface area (Å²) in [7, 11) is 0. The molecular weight excluding hydrogens is 372 g/mol. The van der Waals surface area contributed by atoms with Crippen LogP contribution < -0.4 is 15.2 Å². The van der Waals surface area contributed by atoms with Crippen LogP contribution >= 0.6 is 0 Å². The van der Waals surface area contributed by atoms with E-state index in [0.717, 1.165) is 6.42 Å². The topological polar surface area (TPSA) is 84.6 Å². The molecule has 162 valence electrons. The van der Waals surface area contributed by atoms with Gasteiger partial charge in [-0.05, 0) is 24.6 Å². The Morgan fingerprint density at radius 3 is 1.86 bits per heavy atom. The molecular formula is C22H40N2O3S. The van der Waals surface area contributed by atoms with Gasteiger partial charge < -0.3 is 10.5 Å². The van der Waals surface area contributed by atoms with Crippen molar-refractivity contribution >= 4 is 22.6 Å². The Bertz CT molecular complexity index is 541. The molecule has 1 unspecified atom stereocenters. The van der Waals surface area contributed by atoms with Gasteiger partial charge in [0.1, 0.15) is 5.75 Å². The number of nitrogens with one attached hydrogen (secondary N) is 1. The van der Waals surface area contributed by atoms with Crippen molar-refractivity contribution in [1.82, 2.24) is 0 Å². The maximum atomic E-state index is 10.7. The molecule has 6 heteroatoms. The second-order valence-electron chi connectivity index (χ2n) is 7.55. The molecule has 0 fully saturated rings. The highest BCUT2D eigenvalue weighted by atomic mass is 32.2. The molecule has 0 aliphatic rings. The van der Waals surface area contributed by atoms with Crippen LogP contribution in [0.15, 0.2) is 18.2 Å². The summed E-state index contributed by atoms with van der Waals surface area (Å²) in [6.07, 6.45) is 18.7. The summed E-state index contributed by atoms with van der Waals surface area (Å²) in [6, 6.07) is 5.02. The van der Waals surface area contributed by atoms with Crippen LogP contribution in [0, 0.1) is 0 Å². The number of rotatable bonds is 18. The van der Waals surface area contributed by atoms with Gasteiger partial charge >= 0.3 is 0 Å². The van der Waals surface area contributed by atoms with E-state index in [2.05, 4.69) is 11.6 Å². The zero-order valence-corrected chi connectivity index (χ0v) is 18.4. The number of nitrogens with two attached hydrogens (primary N) is 1. The van der Waals surface area contributed by atoms with Gasteiger partial charge in [0.2, 0.25) is 0 Å². The summed E-state index contributed by atoms with van der Waals surface area (Å²) < 4.78 is 27.6. The van der Waals surface area contributed by atoms with E-state index in [1.54, 1.807) is 18.2 Å². The molecule has 0 aromatic heterocycles. The maximum Gasteiger partial charge on any atom is 0.259 e. The van der Waals surface area contributed by atoms with Crippen LogP contribution in [0.3, 0.4) is 0 Å². The van der Waals surface area contributed by atoms with E-state index in [4.69, 9.17) is 15.0 Å². The molecule has 0 spiro atoms. The first-order chi connectivity index (χ1) is 13.6. The Morgan fingerprint density at radius 1 is 0.893 bits per heavy atom. The van der Waals surface area contributed by atoms with Crippen molar-refractivity contribution in [2.45, 2.75) is 96.8 Å². The molecule has 28 heavy (non-hydrogen) atoms. The standard InChI is InChI=1S/C22H40N2O3S/c1-2-3-4-5-6-7-8-9-10-11-12-13-14-15-18-27-22-17-16-20(19-21(22)23)24-28(25)26/h16-17,19,24H,2-15,18,23H2,1H3,(H,25,26). The number of anilines is 2. The van der Waals surface area contributed by atoms with Crippen LogP contribution in [0.2, 0.25) is 0 Å². The Hall–Kier alpha value is -1.27. The van der Waals surface area contributed by atoms with E-state index in [9.17, 15) is 4.21 Å². The van der Waals surface area contributed by atoms with Crippen LogP contribution in [0.4, 0.5) is 11.4 Å². The lowest BCUT2D eigenvalue weighted by atomic mass is 10.0. The number of hydrogen-bond acceptors (Lipinski definition) is 3. The van der Waals surface area contributed by atoms with Gasteiger partial charge in [0.05, 0.1) is 18.0 Å². The number of unbranched alkanes of at least 4 members (excludes halogenated alkanes) is 13. The third kappa shape index (κ3) is 13.0. The zero-order valence-electron chi connectivity index (χ0n) is 17.6. The Labute approximate surface area is 174 Å². The first-order valence-corrected chi connectivity index (χ1v) is 12.1. The summed E-state index contributed by atoms with van der Waals surface area (Å²) in [6.45, 7) is 2.92. The molecule has 0 saturated heterocycles. The normalized spacial score (nSPS) is 12.1. The number of benzene rings is 1. The van der Waals surface area contributed by atoms with E-state index < -0.39 is 11.3 Å². The predicted molar refractivity (Wildman–Crippen MR) is 121 cm³/mol. The minimum atomic E-state index is -2.09. The van der Waals surface area contributed by atoms with E-state index in [-0.39, 0.29) is 0 Å². The molecule has 0 radical (unpaired) electrons. The Kier molecular flexibility index (Phi) is 14.7. The lowest BCUT2D eigenvalue weighted by Gasteiger charge is -2.10. The van der Waals surface area contributed by atoms with Crippen molar-refractivity contribution in [3.05, 3.63) is 18.2 Å². The molecule has 1 atom stereocenters. The lowest BCUT2D eigenvalue weighted by Crippen LogP contribution is -2.04. The minimum absolute atomic E-state index is 0.473. The highest BCUT2D eigenvalue weighted by Crippen LogP contribution is 2.25. The predicted octanol–water partition coefficient (Wildman–Crippen LogP) is 6.68. The average molecular weight is 413 g/mol. The van der Waals surface area contributed by atoms with Gasteiger partial charge in [-0.25, -0.2) is 4.21 Å². The number of nitrogen functional groups attached to an aromatic ring is 1. The summed E-state index contributed by atoms with van der Waals surface area (Å²) >= 11 is -2.09. The highest BCUT2D eigenvalue weighted by molar-refractivity contribution is 7.80. The summed E-state index contributed by atoms with van der Waals surface area (Å²) in [5.74, 6) is 0.629. The Morgan fingerprint density at radius 2 is 1.39 bits per heavy atom. The molecule has 0 heterocycles. The van der Waals surface area contributed by atoms with Crippen molar-refractivity contribution in [3.63, 3.8) is 0 Å². The monoisotopic (exact) mass is 412 g/mol. The molecule has 0 bridgehead atoms. The van der Waals surface area contributed by atoms with E-state index in [0.29, 0.717) is 23.7 Å². The SMILES string of the molecule is CCCCCCCCCCCCCCCCOc1ccc(NS(=O)O)cc1N. The minimum Gasteiger partial charge on any atom is -0.491 e. The number of hydrogen-bond donors (Lipinski definition) is 3. The van der Waals surface area contributed by atoms with Crippen molar-refractivity contribution in [2.24, 2.45) is 0 Å². The molecule has 1 aromatic rings. The van der Waals surface area contributed by atoms with E-state index >= 15 is 0 Å². The smallest absolute Gasteiger partial charge is 0.259 e. The van der Waals surface area contributed by atoms with Crippen molar-refractivity contribution < 1.29 is 13.5 Å². The maximum absolute atomic E-state index is 10.7. The lowest BCUT2D eigenvalue weighted by molar-refractivity contribution is 0.306. The van der Waals surface area contributed by atoms with Crippen LogP contribution in [0.1, 0.15) is 96.8 Å². The fraction of sp³-hybridized carbons (Fsp3) is 0.727. The van der Waals surface area contributed by atoms with Crippen LogP contribution in [-0.2, 0) is 11.3 Å². The van der Waals surface area contributed by atoms with Gasteiger partial charge in [-0.1, -0.05) is 90.4 Å². The highest BCUT2D eigenvalue weighted by Gasteiger charge is 2.03. The van der Waals surface area contributed by atoms with Gasteiger partial charge in [0.25, 0.3) is 11.3 Å². The second-order valence-corrected chi connectivity index (χ2v) is 8.25. The molecule has 0 amide bonds. The second kappa shape index (κ2) is 16.7. The third-order valence-corrected chi connectivity index (χ3v) is 5.38. The molecule has 1 aromatic carbocycles. The van der Waals surface area contributed by atoms with Gasteiger partial charge in [0, 0.05) is 0 Å². The van der Waals surface area contributed by atoms with Crippen LogP contribution in [-0.4, -0.2) is 15.4 Å². The van der Waals surface area contributed by atoms with Crippen molar-refractivity contribution in [3.8, 4) is 5.75 Å². The van der Waals surface area contributed by atoms with E-state index in [1.165, 1.54) is 83.5 Å². The molecule has 5 nitrogen and oxygen atoms in total. The van der Waals surface area contributed by atoms with Crippen LogP contribution in [0.25, 0.3) is 0 Å². The molecule has 1 rings (SSSR count). The van der Waals surface area contributed by atoms with Gasteiger partial charge in [-0.3, -0.25) is 9.27 Å². The molecule has 0 aliphatic heterocycles. The van der Waals surface area contributed by atoms with Gasteiger partial charge in [0.15, 0.2) is 0 Å². The van der Waals surface area contributed by atoms with Crippen molar-refractivity contribution in [2.75, 3.05) is 17.1 Å². The molecule has 0 aliphatic carbocycles. The summed E-state index contributed by atoms with van der Waals surface area (Å²) in [5.41, 5.74) is 6.89. The largest absolute Gasteiger partial charge is 0.491 e. The fourth-order valence-corrected chi connectivity index (χ4v) is 3.65. The Balaban J connectivity index is 1.92. The molecule has 0 saturated carbocycles. The fourth-order valence-electron chi connectivity index (χ4n) is 3.32. The van der Waals surface area contributed by atoms with E-state index in [1.807, 2.05) is 0 Å². The van der Waals surface area contributed by atoms with Crippen molar-refractivity contribution in [1.29, 1.82) is 0 Å². The first-order valence-electron chi connectivity index (χ1n) is 11.0. The zero-order chi connectivity index (χ0) is 20.5. The summed E-state index contributed by atoms with van der Waals surface area (Å²) in [5, 5.41) is 0. The quantitative estimate of drug-likeness (QED) is 0.143. The third-order valence-electron chi connectivity index (χ3n) is 4.97. The number of ether oxygens (including phenoxy) is 1. The van der Waals surface area contributed by atoms with Crippen LogP contribution in [0.5, 0.6) is 5.75 Å². The molecule has 4 N–H and O–H groups in total.